The van der Waals surface area contributed by atoms with E-state index >= 15 is 0 Å². The molecule has 3 aromatic rings. The highest BCUT2D eigenvalue weighted by Gasteiger charge is 2.25. The van der Waals surface area contributed by atoms with Crippen molar-refractivity contribution in [1.29, 1.82) is 0 Å². The Balaban J connectivity index is 1.43. The van der Waals surface area contributed by atoms with Crippen LogP contribution in [0.4, 0.5) is 5.69 Å². The summed E-state index contributed by atoms with van der Waals surface area (Å²) in [5.41, 5.74) is 6.37. The maximum atomic E-state index is 12.7. The molecule has 0 aromatic heterocycles. The van der Waals surface area contributed by atoms with Crippen LogP contribution in [0, 0.1) is 0 Å². The lowest BCUT2D eigenvalue weighted by atomic mass is 9.96. The Labute approximate surface area is 203 Å². The lowest BCUT2D eigenvalue weighted by Crippen LogP contribution is -2.40. The first kappa shape index (κ1) is 23.8. The number of ether oxygens (including phenoxy) is 1. The van der Waals surface area contributed by atoms with Gasteiger partial charge in [0.1, 0.15) is 5.75 Å². The predicted octanol–water partition coefficient (Wildman–Crippen LogP) is 4.61. The van der Waals surface area contributed by atoms with Gasteiger partial charge in [0, 0.05) is 45.8 Å². The highest BCUT2D eigenvalue weighted by Crippen LogP contribution is 2.29. The van der Waals surface area contributed by atoms with E-state index in [4.69, 9.17) is 4.74 Å². The quantitative estimate of drug-likeness (QED) is 0.510. The molecule has 1 aliphatic heterocycles. The van der Waals surface area contributed by atoms with E-state index < -0.39 is 0 Å². The molecule has 0 saturated heterocycles. The van der Waals surface area contributed by atoms with Crippen LogP contribution in [0.15, 0.2) is 72.8 Å². The van der Waals surface area contributed by atoms with E-state index in [0.717, 1.165) is 37.2 Å². The summed E-state index contributed by atoms with van der Waals surface area (Å²) >= 11 is 0. The first-order valence-corrected chi connectivity index (χ1v) is 12.0. The number of anilines is 1. The number of nitrogens with zero attached hydrogens (tertiary/aromatic N) is 2. The van der Waals surface area contributed by atoms with Crippen molar-refractivity contribution in [3.63, 3.8) is 0 Å². The largest absolute Gasteiger partial charge is 0.497 e. The normalized spacial score (nSPS) is 14.2. The van der Waals surface area contributed by atoms with Crippen LogP contribution in [0.3, 0.4) is 0 Å². The number of rotatable bonds is 9. The summed E-state index contributed by atoms with van der Waals surface area (Å²) in [7, 11) is 5.77. The van der Waals surface area contributed by atoms with Gasteiger partial charge in [0.2, 0.25) is 5.91 Å². The molecule has 1 N–H and O–H groups in total. The molecule has 1 heterocycles. The molecule has 178 valence electrons. The molecule has 4 rings (SSSR count). The van der Waals surface area contributed by atoms with Crippen LogP contribution in [0.25, 0.3) is 0 Å². The van der Waals surface area contributed by atoms with Crippen molar-refractivity contribution in [3.05, 3.63) is 95.1 Å². The molecular weight excluding hydrogens is 422 g/mol. The second-order valence-corrected chi connectivity index (χ2v) is 9.14. The number of methoxy groups -OCH3 is 1. The van der Waals surface area contributed by atoms with Gasteiger partial charge in [-0.1, -0.05) is 48.5 Å². The minimum atomic E-state index is 0.0862. The summed E-state index contributed by atoms with van der Waals surface area (Å²) in [5, 5.41) is 3.22. The van der Waals surface area contributed by atoms with Gasteiger partial charge in [-0.3, -0.25) is 9.69 Å². The fourth-order valence-electron chi connectivity index (χ4n) is 4.58. The van der Waals surface area contributed by atoms with Gasteiger partial charge >= 0.3 is 0 Å². The summed E-state index contributed by atoms with van der Waals surface area (Å²) in [6.07, 6.45) is 2.23. The van der Waals surface area contributed by atoms with E-state index in [1.807, 2.05) is 24.3 Å². The van der Waals surface area contributed by atoms with Crippen LogP contribution in [0.1, 0.15) is 34.7 Å². The number of nitrogens with one attached hydrogen (secondary N) is 1. The number of amides is 1. The van der Waals surface area contributed by atoms with Gasteiger partial charge in [-0.05, 0) is 59.4 Å². The Morgan fingerprint density at radius 1 is 1.00 bits per heavy atom. The topological polar surface area (TPSA) is 44.8 Å². The number of carbonyl (C=O) groups excluding carboxylic acids is 1. The second-order valence-electron chi connectivity index (χ2n) is 9.14. The van der Waals surface area contributed by atoms with E-state index in [2.05, 4.69) is 77.7 Å². The van der Waals surface area contributed by atoms with Crippen molar-refractivity contribution in [2.24, 2.45) is 0 Å². The average Bonchev–Trinajstić information content (AvgIpc) is 2.88. The Hall–Kier alpha value is -3.31. The first-order valence-electron chi connectivity index (χ1n) is 12.0. The highest BCUT2D eigenvalue weighted by molar-refractivity contribution is 5.76. The van der Waals surface area contributed by atoms with Gasteiger partial charge in [-0.2, -0.15) is 0 Å². The maximum Gasteiger partial charge on any atom is 0.220 e. The van der Waals surface area contributed by atoms with Gasteiger partial charge < -0.3 is 15.0 Å². The molecule has 0 bridgehead atoms. The Bertz CT molecular complexity index is 1080. The zero-order valence-electron chi connectivity index (χ0n) is 20.5. The molecule has 0 unspecified atom stereocenters. The zero-order valence-corrected chi connectivity index (χ0v) is 20.5. The molecule has 1 atom stereocenters. The van der Waals surface area contributed by atoms with Crippen molar-refractivity contribution >= 4 is 11.6 Å². The SMILES string of the molecule is COc1ccc(CCC(=O)NC[C@H](c2ccc(N(C)C)cc2)N2CCc3ccccc3C2)cc1. The average molecular weight is 458 g/mol. The second kappa shape index (κ2) is 11.2. The van der Waals surface area contributed by atoms with Crippen LogP contribution < -0.4 is 15.0 Å². The van der Waals surface area contributed by atoms with Gasteiger partial charge in [0.25, 0.3) is 0 Å². The molecule has 1 aliphatic rings. The van der Waals surface area contributed by atoms with E-state index in [9.17, 15) is 4.79 Å². The number of carbonyl (C=O) groups is 1. The minimum absolute atomic E-state index is 0.0862. The van der Waals surface area contributed by atoms with Gasteiger partial charge in [-0.25, -0.2) is 0 Å². The first-order chi connectivity index (χ1) is 16.5. The number of benzene rings is 3. The van der Waals surface area contributed by atoms with Gasteiger partial charge in [0.05, 0.1) is 13.2 Å². The molecule has 0 spiro atoms. The summed E-state index contributed by atoms with van der Waals surface area (Å²) in [4.78, 5) is 17.3. The zero-order chi connectivity index (χ0) is 23.9. The lowest BCUT2D eigenvalue weighted by Gasteiger charge is -2.36. The van der Waals surface area contributed by atoms with Crippen LogP contribution >= 0.6 is 0 Å². The smallest absolute Gasteiger partial charge is 0.220 e. The van der Waals surface area contributed by atoms with Crippen molar-refractivity contribution in [2.75, 3.05) is 39.2 Å². The fraction of sp³-hybridized carbons (Fsp3) is 0.345. The van der Waals surface area contributed by atoms with Crippen LogP contribution in [-0.2, 0) is 24.2 Å². The molecular formula is C29H35N3O2. The third-order valence-electron chi connectivity index (χ3n) is 6.69. The van der Waals surface area contributed by atoms with Crippen molar-refractivity contribution in [1.82, 2.24) is 10.2 Å². The summed E-state index contributed by atoms with van der Waals surface area (Å²) < 4.78 is 5.22. The van der Waals surface area contributed by atoms with Crippen LogP contribution in [0.2, 0.25) is 0 Å². The van der Waals surface area contributed by atoms with Gasteiger partial charge in [0.15, 0.2) is 0 Å². The van der Waals surface area contributed by atoms with E-state index in [-0.39, 0.29) is 11.9 Å². The maximum absolute atomic E-state index is 12.7. The van der Waals surface area contributed by atoms with E-state index in [1.165, 1.54) is 22.4 Å². The molecule has 0 aliphatic carbocycles. The molecule has 5 heteroatoms. The summed E-state index contributed by atoms with van der Waals surface area (Å²) in [6, 6.07) is 25.5. The number of hydrogen-bond acceptors (Lipinski definition) is 4. The van der Waals surface area contributed by atoms with Crippen molar-refractivity contribution in [3.8, 4) is 5.75 Å². The lowest BCUT2D eigenvalue weighted by molar-refractivity contribution is -0.121. The Morgan fingerprint density at radius 3 is 2.38 bits per heavy atom. The third kappa shape index (κ3) is 5.97. The monoisotopic (exact) mass is 457 g/mol. The molecule has 3 aromatic carbocycles. The van der Waals surface area contributed by atoms with Crippen LogP contribution in [0.5, 0.6) is 5.75 Å². The summed E-state index contributed by atoms with van der Waals surface area (Å²) in [5.74, 6) is 0.919. The minimum Gasteiger partial charge on any atom is -0.497 e. The number of hydrogen-bond donors (Lipinski definition) is 1. The standard InChI is InChI=1S/C29H35N3O2/c1-31(2)26-13-11-24(12-14-26)28(32-19-18-23-6-4-5-7-25(23)21-32)20-30-29(33)17-10-22-8-15-27(34-3)16-9-22/h4-9,11-16,28H,10,17-21H2,1-3H3,(H,30,33)/t28-/m1/s1. The molecule has 0 fully saturated rings. The van der Waals surface area contributed by atoms with Crippen molar-refractivity contribution in [2.45, 2.75) is 31.8 Å². The summed E-state index contributed by atoms with van der Waals surface area (Å²) in [6.45, 7) is 2.49. The van der Waals surface area contributed by atoms with E-state index in [1.54, 1.807) is 7.11 Å². The molecule has 5 nitrogen and oxygen atoms in total. The van der Waals surface area contributed by atoms with Crippen LogP contribution in [-0.4, -0.2) is 45.1 Å². The molecule has 0 radical (unpaired) electrons. The van der Waals surface area contributed by atoms with Crippen molar-refractivity contribution < 1.29 is 9.53 Å². The van der Waals surface area contributed by atoms with E-state index in [0.29, 0.717) is 13.0 Å². The highest BCUT2D eigenvalue weighted by atomic mass is 16.5. The molecule has 0 saturated carbocycles. The predicted molar refractivity (Wildman–Crippen MR) is 138 cm³/mol. The Morgan fingerprint density at radius 2 is 1.71 bits per heavy atom. The number of fused-ring (bicyclic) bond motifs is 1. The third-order valence-corrected chi connectivity index (χ3v) is 6.69. The fourth-order valence-corrected chi connectivity index (χ4v) is 4.58. The number of aryl methyl sites for hydroxylation is 1. The van der Waals surface area contributed by atoms with Gasteiger partial charge in [-0.15, -0.1) is 0 Å². The molecule has 1 amide bonds. The molecule has 34 heavy (non-hydrogen) atoms. The Kier molecular flexibility index (Phi) is 7.86.